The predicted molar refractivity (Wildman–Crippen MR) is 63.1 cm³/mol. The molecule has 0 saturated heterocycles. The third-order valence-corrected chi connectivity index (χ3v) is 2.92. The number of hydrogen-bond donors (Lipinski definition) is 3. The van der Waals surface area contributed by atoms with Gasteiger partial charge in [0.1, 0.15) is 6.04 Å². The average molecular weight is 255 g/mol. The summed E-state index contributed by atoms with van der Waals surface area (Å²) in [5.74, 6) is -1.17. The second-order valence-electron chi connectivity index (χ2n) is 3.99. The Kier molecular flexibility index (Phi) is 3.04. The van der Waals surface area contributed by atoms with Crippen molar-refractivity contribution in [2.24, 2.45) is 5.73 Å². The van der Waals surface area contributed by atoms with Crippen LogP contribution < -0.4 is 11.1 Å². The molecule has 0 spiro atoms. The van der Waals surface area contributed by atoms with Crippen molar-refractivity contribution in [1.82, 2.24) is 0 Å². The van der Waals surface area contributed by atoms with E-state index in [1.807, 2.05) is 0 Å². The number of carbonyl (C=O) groups excluding carboxylic acids is 1. The number of nitrogens with two attached hydrogens (primary N) is 1. The Labute approximate surface area is 103 Å². The molecule has 6 heteroatoms. The Bertz CT molecular complexity index is 502. The van der Waals surface area contributed by atoms with Gasteiger partial charge < -0.3 is 16.2 Å². The van der Waals surface area contributed by atoms with Crippen LogP contribution in [0.15, 0.2) is 12.1 Å². The fraction of sp³-hybridized carbons (Fsp3) is 0.273. The summed E-state index contributed by atoms with van der Waals surface area (Å²) >= 11 is 6.00. The fourth-order valence-electron chi connectivity index (χ4n) is 1.82. The number of anilines is 1. The molecule has 90 valence electrons. The van der Waals surface area contributed by atoms with E-state index < -0.39 is 12.0 Å². The summed E-state index contributed by atoms with van der Waals surface area (Å²) in [6, 6.07) is 2.44. The molecule has 17 heavy (non-hydrogen) atoms. The van der Waals surface area contributed by atoms with Gasteiger partial charge in [0.25, 0.3) is 0 Å². The number of rotatable bonds is 3. The van der Waals surface area contributed by atoms with Crippen LogP contribution in [-0.4, -0.2) is 23.0 Å². The van der Waals surface area contributed by atoms with Crippen molar-refractivity contribution in [2.45, 2.75) is 18.9 Å². The zero-order valence-electron chi connectivity index (χ0n) is 8.87. The average Bonchev–Trinajstić information content (AvgIpc) is 2.59. The number of aliphatic carboxylic acids is 1. The summed E-state index contributed by atoms with van der Waals surface area (Å²) in [7, 11) is 0. The lowest BCUT2D eigenvalue weighted by Gasteiger charge is -2.09. The summed E-state index contributed by atoms with van der Waals surface area (Å²) in [5.41, 5.74) is 7.57. The number of benzene rings is 1. The highest BCUT2D eigenvalue weighted by atomic mass is 35.5. The van der Waals surface area contributed by atoms with Gasteiger partial charge in [-0.3, -0.25) is 9.59 Å². The summed E-state index contributed by atoms with van der Waals surface area (Å²) in [4.78, 5) is 21.9. The van der Waals surface area contributed by atoms with Crippen molar-refractivity contribution in [3.05, 3.63) is 28.3 Å². The number of amides is 1. The molecule has 0 aliphatic carbocycles. The zero-order chi connectivity index (χ0) is 12.6. The maximum absolute atomic E-state index is 11.2. The zero-order valence-corrected chi connectivity index (χ0v) is 9.62. The highest BCUT2D eigenvalue weighted by Crippen LogP contribution is 2.32. The smallest absolute Gasteiger partial charge is 0.320 e. The standard InChI is InChI=1S/C11H11ClN2O3/c12-7-2-5(3-8(13)11(16)17)1-6-4-9(15)14-10(6)7/h1-2,8H,3-4,13H2,(H,14,15)(H,16,17). The molecule has 4 N–H and O–H groups in total. The first-order valence-electron chi connectivity index (χ1n) is 5.07. The van der Waals surface area contributed by atoms with Gasteiger partial charge in [0.15, 0.2) is 0 Å². The summed E-state index contributed by atoms with van der Waals surface area (Å²) < 4.78 is 0. The summed E-state index contributed by atoms with van der Waals surface area (Å²) in [6.45, 7) is 0. The van der Waals surface area contributed by atoms with Gasteiger partial charge in [0, 0.05) is 0 Å². The lowest BCUT2D eigenvalue weighted by molar-refractivity contribution is -0.138. The molecule has 1 atom stereocenters. The lowest BCUT2D eigenvalue weighted by atomic mass is 10.0. The fourth-order valence-corrected chi connectivity index (χ4v) is 2.13. The molecular weight excluding hydrogens is 244 g/mol. The van der Waals surface area contributed by atoms with Crippen molar-refractivity contribution in [2.75, 3.05) is 5.32 Å². The van der Waals surface area contributed by atoms with E-state index in [4.69, 9.17) is 22.4 Å². The van der Waals surface area contributed by atoms with E-state index in [0.717, 1.165) is 11.1 Å². The second-order valence-corrected chi connectivity index (χ2v) is 4.39. The molecule has 1 amide bonds. The van der Waals surface area contributed by atoms with E-state index in [2.05, 4.69) is 5.32 Å². The van der Waals surface area contributed by atoms with Gasteiger partial charge in [0.05, 0.1) is 17.1 Å². The largest absolute Gasteiger partial charge is 0.480 e. The van der Waals surface area contributed by atoms with Gasteiger partial charge in [-0.1, -0.05) is 17.7 Å². The van der Waals surface area contributed by atoms with Crippen molar-refractivity contribution in [3.63, 3.8) is 0 Å². The summed E-state index contributed by atoms with van der Waals surface area (Å²) in [6.07, 6.45) is 0.460. The molecule has 5 nitrogen and oxygen atoms in total. The van der Waals surface area contributed by atoms with Crippen LogP contribution in [0.4, 0.5) is 5.69 Å². The Morgan fingerprint density at radius 2 is 2.29 bits per heavy atom. The Morgan fingerprint density at radius 3 is 2.94 bits per heavy atom. The monoisotopic (exact) mass is 254 g/mol. The minimum absolute atomic E-state index is 0.110. The Hall–Kier alpha value is -1.59. The SMILES string of the molecule is NC(Cc1cc(Cl)c2c(c1)CC(=O)N2)C(=O)O. The molecule has 0 radical (unpaired) electrons. The molecule has 1 heterocycles. The van der Waals surface area contributed by atoms with Crippen molar-refractivity contribution >= 4 is 29.2 Å². The maximum Gasteiger partial charge on any atom is 0.320 e. The van der Waals surface area contributed by atoms with Gasteiger partial charge in [0.2, 0.25) is 5.91 Å². The summed E-state index contributed by atoms with van der Waals surface area (Å²) in [5, 5.41) is 11.8. The van der Waals surface area contributed by atoms with Crippen LogP contribution in [0, 0.1) is 0 Å². The second kappa shape index (κ2) is 4.35. The van der Waals surface area contributed by atoms with Gasteiger partial charge in [-0.15, -0.1) is 0 Å². The minimum Gasteiger partial charge on any atom is -0.480 e. The number of fused-ring (bicyclic) bond motifs is 1. The first-order valence-corrected chi connectivity index (χ1v) is 5.44. The molecule has 1 unspecified atom stereocenters. The number of hydrogen-bond acceptors (Lipinski definition) is 3. The van der Waals surface area contributed by atoms with Crippen LogP contribution in [0.2, 0.25) is 5.02 Å². The van der Waals surface area contributed by atoms with Crippen LogP contribution in [0.3, 0.4) is 0 Å². The molecule has 1 aliphatic rings. The Balaban J connectivity index is 2.27. The van der Waals surface area contributed by atoms with E-state index in [1.54, 1.807) is 12.1 Å². The predicted octanol–water partition coefficient (Wildman–Crippen LogP) is 0.789. The molecule has 1 aromatic rings. The molecule has 0 aromatic heterocycles. The first-order chi connectivity index (χ1) is 7.97. The van der Waals surface area contributed by atoms with Gasteiger partial charge in [-0.2, -0.15) is 0 Å². The first kappa shape index (κ1) is 11.9. The van der Waals surface area contributed by atoms with E-state index in [1.165, 1.54) is 0 Å². The van der Waals surface area contributed by atoms with Gasteiger partial charge in [-0.05, 0) is 23.6 Å². The number of carboxylic acid groups (broad SMARTS) is 1. The van der Waals surface area contributed by atoms with Crippen molar-refractivity contribution in [1.29, 1.82) is 0 Å². The molecular formula is C11H11ClN2O3. The van der Waals surface area contributed by atoms with Crippen LogP contribution in [0.5, 0.6) is 0 Å². The topological polar surface area (TPSA) is 92.4 Å². The number of nitrogens with one attached hydrogen (secondary N) is 1. The van der Waals surface area contributed by atoms with Crippen LogP contribution in [0.1, 0.15) is 11.1 Å². The number of halogens is 1. The molecule has 2 rings (SSSR count). The van der Waals surface area contributed by atoms with Crippen molar-refractivity contribution < 1.29 is 14.7 Å². The highest BCUT2D eigenvalue weighted by Gasteiger charge is 2.22. The number of carbonyl (C=O) groups is 2. The lowest BCUT2D eigenvalue weighted by Crippen LogP contribution is -2.32. The van der Waals surface area contributed by atoms with E-state index >= 15 is 0 Å². The molecule has 0 saturated carbocycles. The van der Waals surface area contributed by atoms with Crippen molar-refractivity contribution in [3.8, 4) is 0 Å². The van der Waals surface area contributed by atoms with Crippen LogP contribution >= 0.6 is 11.6 Å². The molecule has 0 bridgehead atoms. The van der Waals surface area contributed by atoms with Crippen LogP contribution in [0.25, 0.3) is 0 Å². The van der Waals surface area contributed by atoms with Gasteiger partial charge in [-0.25, -0.2) is 0 Å². The van der Waals surface area contributed by atoms with E-state index in [0.29, 0.717) is 10.7 Å². The quantitative estimate of drug-likeness (QED) is 0.744. The van der Waals surface area contributed by atoms with Gasteiger partial charge >= 0.3 is 5.97 Å². The normalized spacial score (nSPS) is 15.3. The highest BCUT2D eigenvalue weighted by molar-refractivity contribution is 6.34. The van der Waals surface area contributed by atoms with E-state index in [9.17, 15) is 9.59 Å². The van der Waals surface area contributed by atoms with Crippen LogP contribution in [-0.2, 0) is 22.4 Å². The van der Waals surface area contributed by atoms with E-state index in [-0.39, 0.29) is 18.7 Å². The maximum atomic E-state index is 11.2. The minimum atomic E-state index is -1.06. The third kappa shape index (κ3) is 2.40. The molecule has 0 fully saturated rings. The number of carboxylic acids is 1. The molecule has 1 aromatic carbocycles. The Morgan fingerprint density at radius 1 is 1.59 bits per heavy atom. The molecule has 1 aliphatic heterocycles. The third-order valence-electron chi connectivity index (χ3n) is 2.62.